The van der Waals surface area contributed by atoms with Crippen LogP contribution in [0.25, 0.3) is 0 Å². The van der Waals surface area contributed by atoms with Gasteiger partial charge in [0.25, 0.3) is 0 Å². The van der Waals surface area contributed by atoms with E-state index in [-0.39, 0.29) is 35.8 Å². The molecule has 43 heavy (non-hydrogen) atoms. The lowest BCUT2D eigenvalue weighted by atomic mass is 10.0. The minimum atomic E-state index is -0.860. The van der Waals surface area contributed by atoms with Crippen molar-refractivity contribution in [2.75, 3.05) is 34.5 Å². The molecule has 0 spiro atoms. The lowest BCUT2D eigenvalue weighted by molar-refractivity contribution is 0.0300. The number of carbonyl (C=O) groups is 3. The fourth-order valence-corrected chi connectivity index (χ4v) is 5.07. The second-order valence-electron chi connectivity index (χ2n) is 12.3. The van der Waals surface area contributed by atoms with Crippen LogP contribution in [0.5, 0.6) is 5.75 Å². The molecule has 3 rings (SSSR count). The number of alkyl halides is 1. The van der Waals surface area contributed by atoms with Crippen LogP contribution in [0.15, 0.2) is 53.5 Å². The van der Waals surface area contributed by atoms with E-state index in [4.69, 9.17) is 14.2 Å². The predicted octanol–water partition coefficient (Wildman–Crippen LogP) is 6.46. The third-order valence-corrected chi connectivity index (χ3v) is 7.60. The molecule has 0 N–H and O–H groups in total. The molecular formula is C31H42IN5O6. The fourth-order valence-electron chi connectivity index (χ4n) is 4.24. The van der Waals surface area contributed by atoms with E-state index in [1.54, 1.807) is 67.6 Å². The highest BCUT2D eigenvalue weighted by Crippen LogP contribution is 2.32. The first-order valence-electron chi connectivity index (χ1n) is 13.9. The van der Waals surface area contributed by atoms with Crippen molar-refractivity contribution in [3.05, 3.63) is 65.2 Å². The smallest absolute Gasteiger partial charge is 0.437 e. The first kappa shape index (κ1) is 33.9. The number of methoxy groups -OCH3 is 1. The molecule has 0 unspecified atom stereocenters. The second kappa shape index (κ2) is 13.8. The van der Waals surface area contributed by atoms with E-state index in [9.17, 15) is 14.4 Å². The molecule has 1 aliphatic rings. The molecule has 0 saturated carbocycles. The molecule has 4 amide bonds. The van der Waals surface area contributed by atoms with Crippen LogP contribution in [0.4, 0.5) is 14.4 Å². The molecule has 11 nitrogen and oxygen atoms in total. The number of guanidine groups is 1. The number of halogens is 1. The second-order valence-corrected chi connectivity index (χ2v) is 13.6. The molecule has 1 atom stereocenters. The van der Waals surface area contributed by atoms with Crippen LogP contribution < -0.4 is 4.74 Å². The zero-order chi connectivity index (χ0) is 32.1. The lowest BCUT2D eigenvalue weighted by Gasteiger charge is -2.42. The molecule has 234 valence electrons. The molecule has 12 heteroatoms. The van der Waals surface area contributed by atoms with Crippen molar-refractivity contribution >= 4 is 46.8 Å². The standard InChI is InChI=1S/C31H42IN5O6/c1-30(2,3)42-27(38)33-26(36-19-34(7)28(39)35(8)20-36)37(29(40)43-31(4,5)6)18-21-10-12-22(13-11-21)25(32)23-14-16-24(41-9)17-15-23/h10-17,25H,18-20H2,1-9H3/t25-/m0/s1. The van der Waals surface area contributed by atoms with E-state index in [1.165, 1.54) is 14.7 Å². The van der Waals surface area contributed by atoms with E-state index >= 15 is 0 Å². The number of rotatable bonds is 5. The zero-order valence-corrected chi connectivity index (χ0v) is 28.5. The number of urea groups is 1. The molecular weight excluding hydrogens is 665 g/mol. The van der Waals surface area contributed by atoms with Crippen molar-refractivity contribution in [3.63, 3.8) is 0 Å². The Bertz CT molecular complexity index is 1300. The van der Waals surface area contributed by atoms with Gasteiger partial charge >= 0.3 is 18.2 Å². The normalized spacial score (nSPS) is 15.3. The quantitative estimate of drug-likeness (QED) is 0.152. The van der Waals surface area contributed by atoms with Crippen molar-refractivity contribution < 1.29 is 28.6 Å². The summed E-state index contributed by atoms with van der Waals surface area (Å²) in [5, 5.41) is 0. The van der Waals surface area contributed by atoms with E-state index in [2.05, 4.69) is 27.6 Å². The highest BCUT2D eigenvalue weighted by Gasteiger charge is 2.35. The van der Waals surface area contributed by atoms with Gasteiger partial charge in [-0.05, 0) is 70.4 Å². The van der Waals surface area contributed by atoms with Crippen molar-refractivity contribution in [2.45, 2.75) is 63.2 Å². The molecule has 0 aliphatic carbocycles. The Morgan fingerprint density at radius 2 is 1.37 bits per heavy atom. The van der Waals surface area contributed by atoms with Gasteiger partial charge < -0.3 is 28.9 Å². The number of amides is 4. The lowest BCUT2D eigenvalue weighted by Crippen LogP contribution is -2.60. The Kier molecular flexibility index (Phi) is 10.9. The Morgan fingerprint density at radius 3 is 1.84 bits per heavy atom. The van der Waals surface area contributed by atoms with Gasteiger partial charge in [0.2, 0.25) is 5.96 Å². The fraction of sp³-hybridized carbons (Fsp3) is 0.484. The van der Waals surface area contributed by atoms with Crippen LogP contribution in [0.2, 0.25) is 0 Å². The number of ether oxygens (including phenoxy) is 3. The predicted molar refractivity (Wildman–Crippen MR) is 173 cm³/mol. The van der Waals surface area contributed by atoms with Crippen molar-refractivity contribution in [1.29, 1.82) is 0 Å². The number of nitrogens with zero attached hydrogens (tertiary/aromatic N) is 5. The molecule has 1 aliphatic heterocycles. The van der Waals surface area contributed by atoms with Gasteiger partial charge in [-0.1, -0.05) is 59.0 Å². The summed E-state index contributed by atoms with van der Waals surface area (Å²) in [7, 11) is 4.91. The first-order chi connectivity index (χ1) is 20.0. The third kappa shape index (κ3) is 9.73. The Hall–Kier alpha value is -3.55. The van der Waals surface area contributed by atoms with Crippen LogP contribution in [0, 0.1) is 0 Å². The van der Waals surface area contributed by atoms with Crippen molar-refractivity contribution in [2.24, 2.45) is 4.99 Å². The highest BCUT2D eigenvalue weighted by atomic mass is 127. The van der Waals surface area contributed by atoms with Crippen LogP contribution in [0.3, 0.4) is 0 Å². The SMILES string of the molecule is COc1ccc([C@@H](I)c2ccc(CN(C(=O)OC(C)(C)C)C(=NC(=O)OC(C)(C)C)N3CN(C)C(=O)N(C)C3)cc2)cc1. The van der Waals surface area contributed by atoms with Crippen molar-refractivity contribution in [1.82, 2.24) is 19.6 Å². The van der Waals surface area contributed by atoms with Crippen LogP contribution in [-0.2, 0) is 16.0 Å². The van der Waals surface area contributed by atoms with Crippen molar-refractivity contribution in [3.8, 4) is 5.75 Å². The van der Waals surface area contributed by atoms with Crippen LogP contribution in [-0.4, -0.2) is 89.5 Å². The summed E-state index contributed by atoms with van der Waals surface area (Å²) in [6.45, 7) is 10.8. The van der Waals surface area contributed by atoms with E-state index in [0.29, 0.717) is 0 Å². The number of hydrogen-bond donors (Lipinski definition) is 0. The number of aliphatic imine (C=N–C) groups is 1. The average molecular weight is 708 g/mol. The number of benzene rings is 2. The third-order valence-electron chi connectivity index (χ3n) is 6.16. The summed E-state index contributed by atoms with van der Waals surface area (Å²) in [6, 6.07) is 15.6. The minimum Gasteiger partial charge on any atom is -0.497 e. The maximum absolute atomic E-state index is 13.7. The molecule has 2 aromatic rings. The van der Waals surface area contributed by atoms with Gasteiger partial charge in [-0.3, -0.25) is 0 Å². The van der Waals surface area contributed by atoms with Gasteiger partial charge in [-0.2, -0.15) is 0 Å². The van der Waals surface area contributed by atoms with Gasteiger partial charge in [-0.15, -0.1) is 4.99 Å². The maximum atomic E-state index is 13.7. The van der Waals surface area contributed by atoms with Gasteiger partial charge in [0, 0.05) is 14.1 Å². The van der Waals surface area contributed by atoms with E-state index in [0.717, 1.165) is 22.4 Å². The Balaban J connectivity index is 1.99. The summed E-state index contributed by atoms with van der Waals surface area (Å²) in [5.74, 6) is 0.813. The number of hydrogen-bond acceptors (Lipinski definition) is 6. The number of carbonyl (C=O) groups excluding carboxylic acids is 3. The molecule has 1 saturated heterocycles. The molecule has 2 aromatic carbocycles. The zero-order valence-electron chi connectivity index (χ0n) is 26.4. The van der Waals surface area contributed by atoms with Gasteiger partial charge in [0.05, 0.1) is 30.9 Å². The average Bonchev–Trinajstić information content (AvgIpc) is 2.91. The minimum absolute atomic E-state index is 0.0174. The first-order valence-corrected chi connectivity index (χ1v) is 15.1. The summed E-state index contributed by atoms with van der Waals surface area (Å²) in [5.41, 5.74) is 1.39. The van der Waals surface area contributed by atoms with Gasteiger partial charge in [0.15, 0.2) is 0 Å². The summed E-state index contributed by atoms with van der Waals surface area (Å²) in [4.78, 5) is 49.3. The van der Waals surface area contributed by atoms with Crippen LogP contribution in [0.1, 0.15) is 62.2 Å². The summed E-state index contributed by atoms with van der Waals surface area (Å²) >= 11 is 2.39. The van der Waals surface area contributed by atoms with Gasteiger partial charge in [0.1, 0.15) is 17.0 Å². The Morgan fingerprint density at radius 1 is 0.884 bits per heavy atom. The molecule has 1 fully saturated rings. The monoisotopic (exact) mass is 707 g/mol. The Labute approximate surface area is 267 Å². The molecule has 0 aromatic heterocycles. The largest absolute Gasteiger partial charge is 0.497 e. The van der Waals surface area contributed by atoms with E-state index < -0.39 is 23.4 Å². The topological polar surface area (TPSA) is 104 Å². The molecule has 1 heterocycles. The molecule has 0 radical (unpaired) electrons. The van der Waals surface area contributed by atoms with E-state index in [1.807, 2.05) is 48.5 Å². The molecule has 0 bridgehead atoms. The summed E-state index contributed by atoms with van der Waals surface area (Å²) < 4.78 is 16.6. The summed E-state index contributed by atoms with van der Waals surface area (Å²) in [6.07, 6.45) is -1.55. The van der Waals surface area contributed by atoms with Crippen LogP contribution >= 0.6 is 22.6 Å². The highest BCUT2D eigenvalue weighted by molar-refractivity contribution is 14.1. The maximum Gasteiger partial charge on any atom is 0.437 e. The van der Waals surface area contributed by atoms with Gasteiger partial charge in [-0.25, -0.2) is 19.3 Å².